The van der Waals surface area contributed by atoms with Crippen LogP contribution in [0.5, 0.6) is 0 Å². The van der Waals surface area contributed by atoms with Gasteiger partial charge in [-0.3, -0.25) is 0 Å². The fourth-order valence-corrected chi connectivity index (χ4v) is 3.14. The smallest absolute Gasteiger partial charge is 0.235 e. The van der Waals surface area contributed by atoms with Crippen LogP contribution in [0.3, 0.4) is 0 Å². The quantitative estimate of drug-likeness (QED) is 0.845. The fraction of sp³-hybridized carbons (Fsp3) is 0.412. The Morgan fingerprint density at radius 2 is 1.86 bits per heavy atom. The second-order valence-corrected chi connectivity index (χ2v) is 6.14. The van der Waals surface area contributed by atoms with Gasteiger partial charge in [0, 0.05) is 18.7 Å². The molecule has 5 heteroatoms. The highest BCUT2D eigenvalue weighted by Crippen LogP contribution is 2.32. The molecule has 22 heavy (non-hydrogen) atoms. The molecule has 0 N–H and O–H groups in total. The zero-order valence-electron chi connectivity index (χ0n) is 12.7. The van der Waals surface area contributed by atoms with Gasteiger partial charge in [0.2, 0.25) is 17.5 Å². The summed E-state index contributed by atoms with van der Waals surface area (Å²) in [6.07, 6.45) is 1.18. The summed E-state index contributed by atoms with van der Waals surface area (Å²) in [5.41, 5.74) is 0.961. The third kappa shape index (κ3) is 2.82. The maximum atomic E-state index is 13.0. The van der Waals surface area contributed by atoms with Gasteiger partial charge in [0.15, 0.2) is 0 Å². The average Bonchev–Trinajstić information content (AvgIpc) is 2.91. The molecule has 0 aliphatic carbocycles. The molecule has 1 aliphatic heterocycles. The first-order valence-electron chi connectivity index (χ1n) is 7.48. The maximum absolute atomic E-state index is 13.0. The number of nitrogens with zero attached hydrogens (tertiary/aromatic N) is 3. The van der Waals surface area contributed by atoms with Crippen molar-refractivity contribution in [2.75, 3.05) is 18.0 Å². The first-order valence-corrected chi connectivity index (χ1v) is 7.48. The van der Waals surface area contributed by atoms with Crippen molar-refractivity contribution in [2.24, 2.45) is 11.8 Å². The van der Waals surface area contributed by atoms with Gasteiger partial charge in [0.25, 0.3) is 0 Å². The topological polar surface area (TPSA) is 53.1 Å². The van der Waals surface area contributed by atoms with Crippen molar-refractivity contribution >= 4 is 5.88 Å². The maximum Gasteiger partial charge on any atom is 0.235 e. The van der Waals surface area contributed by atoms with E-state index in [-0.39, 0.29) is 5.82 Å². The normalized spacial score (nSPS) is 21.6. The molecule has 2 unspecified atom stereocenters. The Morgan fingerprint density at radius 1 is 1.23 bits per heavy atom. The molecule has 0 amide bonds. The highest BCUT2D eigenvalue weighted by molar-refractivity contribution is 5.59. The Kier molecular flexibility index (Phi) is 3.84. The highest BCUT2D eigenvalue weighted by atomic mass is 19.1. The molecule has 1 aliphatic rings. The Morgan fingerprint density at radius 3 is 2.45 bits per heavy atom. The van der Waals surface area contributed by atoms with Crippen LogP contribution >= 0.6 is 0 Å². The Hall–Kier alpha value is -2.35. The highest BCUT2D eigenvalue weighted by Gasteiger charge is 2.27. The van der Waals surface area contributed by atoms with E-state index in [1.165, 1.54) is 18.6 Å². The van der Waals surface area contributed by atoms with Gasteiger partial charge < -0.3 is 9.32 Å². The lowest BCUT2D eigenvalue weighted by Gasteiger charge is -2.34. The molecule has 2 heterocycles. The lowest BCUT2D eigenvalue weighted by Crippen LogP contribution is -2.38. The first-order chi connectivity index (χ1) is 10.6. The van der Waals surface area contributed by atoms with E-state index in [1.54, 1.807) is 12.1 Å². The Balaban J connectivity index is 1.95. The van der Waals surface area contributed by atoms with Crippen LogP contribution in [0.15, 0.2) is 28.7 Å². The molecule has 1 saturated heterocycles. The van der Waals surface area contributed by atoms with Crippen LogP contribution in [0.1, 0.15) is 26.0 Å². The fourth-order valence-electron chi connectivity index (χ4n) is 3.14. The monoisotopic (exact) mass is 299 g/mol. The molecule has 3 rings (SSSR count). The standard InChI is InChI=1S/C17H18FN3O/c1-11-7-12(2)10-21(9-11)17-15(8-19)20-16(22-17)13-3-5-14(18)6-4-13/h3-6,11-12H,7,9-10H2,1-2H3. The minimum atomic E-state index is -0.310. The minimum absolute atomic E-state index is 0.292. The van der Waals surface area contributed by atoms with Gasteiger partial charge in [-0.05, 0) is 42.5 Å². The van der Waals surface area contributed by atoms with Crippen molar-refractivity contribution in [3.05, 3.63) is 35.8 Å². The number of hydrogen-bond donors (Lipinski definition) is 0. The number of piperidine rings is 1. The van der Waals surface area contributed by atoms with E-state index in [1.807, 2.05) is 0 Å². The first kappa shape index (κ1) is 14.6. The summed E-state index contributed by atoms with van der Waals surface area (Å²) in [5.74, 6) is 1.68. The Labute approximate surface area is 129 Å². The van der Waals surface area contributed by atoms with Crippen LogP contribution in [0, 0.1) is 29.0 Å². The summed E-state index contributed by atoms with van der Waals surface area (Å²) in [7, 11) is 0. The van der Waals surface area contributed by atoms with Crippen LogP contribution in [0.4, 0.5) is 10.3 Å². The van der Waals surface area contributed by atoms with Crippen molar-refractivity contribution < 1.29 is 8.81 Å². The zero-order chi connectivity index (χ0) is 15.7. The summed E-state index contributed by atoms with van der Waals surface area (Å²) in [5, 5.41) is 9.33. The summed E-state index contributed by atoms with van der Waals surface area (Å²) >= 11 is 0. The number of oxazole rings is 1. The Bertz CT molecular complexity index is 692. The molecular formula is C17H18FN3O. The van der Waals surface area contributed by atoms with E-state index < -0.39 is 0 Å². The van der Waals surface area contributed by atoms with Gasteiger partial charge in [0.05, 0.1) is 0 Å². The molecule has 2 atom stereocenters. The molecule has 1 fully saturated rings. The van der Waals surface area contributed by atoms with E-state index in [0.717, 1.165) is 13.1 Å². The van der Waals surface area contributed by atoms with Crippen molar-refractivity contribution in [1.82, 2.24) is 4.98 Å². The van der Waals surface area contributed by atoms with Crippen LogP contribution in [-0.2, 0) is 0 Å². The van der Waals surface area contributed by atoms with Gasteiger partial charge in [0.1, 0.15) is 11.9 Å². The summed E-state index contributed by atoms with van der Waals surface area (Å²) < 4.78 is 18.9. The molecule has 114 valence electrons. The van der Waals surface area contributed by atoms with Crippen LogP contribution in [-0.4, -0.2) is 18.1 Å². The molecule has 0 radical (unpaired) electrons. The van der Waals surface area contributed by atoms with Gasteiger partial charge in [-0.25, -0.2) is 4.39 Å². The molecule has 1 aromatic carbocycles. The number of anilines is 1. The number of aromatic nitrogens is 1. The van der Waals surface area contributed by atoms with Gasteiger partial charge in [-0.1, -0.05) is 13.8 Å². The molecule has 0 saturated carbocycles. The number of halogens is 1. The van der Waals surface area contributed by atoms with Crippen LogP contribution in [0.2, 0.25) is 0 Å². The number of benzene rings is 1. The molecular weight excluding hydrogens is 281 g/mol. The zero-order valence-corrected chi connectivity index (χ0v) is 12.7. The summed E-state index contributed by atoms with van der Waals surface area (Å²) in [6, 6.07) is 8.03. The SMILES string of the molecule is CC1CC(C)CN(c2oc(-c3ccc(F)cc3)nc2C#N)C1. The van der Waals surface area contributed by atoms with Crippen LogP contribution < -0.4 is 4.90 Å². The van der Waals surface area contributed by atoms with Crippen molar-refractivity contribution in [3.63, 3.8) is 0 Å². The van der Waals surface area contributed by atoms with E-state index >= 15 is 0 Å². The second kappa shape index (κ2) is 5.80. The predicted molar refractivity (Wildman–Crippen MR) is 81.8 cm³/mol. The van der Waals surface area contributed by atoms with Crippen molar-refractivity contribution in [2.45, 2.75) is 20.3 Å². The molecule has 1 aromatic heterocycles. The number of nitriles is 1. The minimum Gasteiger partial charge on any atom is -0.419 e. The molecule has 4 nitrogen and oxygen atoms in total. The van der Waals surface area contributed by atoms with Crippen molar-refractivity contribution in [1.29, 1.82) is 5.26 Å². The van der Waals surface area contributed by atoms with E-state index in [2.05, 4.69) is 29.8 Å². The average molecular weight is 299 g/mol. The van der Waals surface area contributed by atoms with Gasteiger partial charge in [-0.15, -0.1) is 0 Å². The predicted octanol–water partition coefficient (Wildman–Crippen LogP) is 3.83. The number of rotatable bonds is 2. The van der Waals surface area contributed by atoms with Gasteiger partial charge >= 0.3 is 0 Å². The lowest BCUT2D eigenvalue weighted by atomic mass is 9.92. The largest absolute Gasteiger partial charge is 0.419 e. The van der Waals surface area contributed by atoms with E-state index in [0.29, 0.717) is 34.9 Å². The third-order valence-electron chi connectivity index (χ3n) is 3.96. The number of hydrogen-bond acceptors (Lipinski definition) is 4. The van der Waals surface area contributed by atoms with Crippen LogP contribution in [0.25, 0.3) is 11.5 Å². The van der Waals surface area contributed by atoms with Gasteiger partial charge in [-0.2, -0.15) is 10.2 Å². The molecule has 0 bridgehead atoms. The molecule has 0 spiro atoms. The summed E-state index contributed by atoms with van der Waals surface area (Å²) in [6.45, 7) is 6.12. The third-order valence-corrected chi connectivity index (χ3v) is 3.96. The lowest BCUT2D eigenvalue weighted by molar-refractivity contribution is 0.344. The second-order valence-electron chi connectivity index (χ2n) is 6.14. The van der Waals surface area contributed by atoms with E-state index in [9.17, 15) is 9.65 Å². The summed E-state index contributed by atoms with van der Waals surface area (Å²) in [4.78, 5) is 6.36. The van der Waals surface area contributed by atoms with Crippen molar-refractivity contribution in [3.8, 4) is 17.5 Å². The van der Waals surface area contributed by atoms with E-state index in [4.69, 9.17) is 4.42 Å². The molecule has 2 aromatic rings.